The van der Waals surface area contributed by atoms with Crippen LogP contribution in [0.4, 0.5) is 0 Å². The standard InChI is InChI=1S/C13H27ClN2O/c1-6-15(7-2)10-8-9-13(5)16(14)12(3,4)11-17-13/h6-11H2,1-5H3. The zero-order valence-electron chi connectivity index (χ0n) is 11.9. The van der Waals surface area contributed by atoms with Gasteiger partial charge in [0, 0.05) is 0 Å². The lowest BCUT2D eigenvalue weighted by atomic mass is 10.0. The molecule has 0 aromatic carbocycles. The highest BCUT2D eigenvalue weighted by molar-refractivity contribution is 6.14. The molecule has 102 valence electrons. The number of rotatable bonds is 6. The van der Waals surface area contributed by atoms with Gasteiger partial charge >= 0.3 is 0 Å². The third-order valence-electron chi connectivity index (χ3n) is 3.69. The van der Waals surface area contributed by atoms with Crippen molar-refractivity contribution in [3.8, 4) is 0 Å². The predicted molar refractivity (Wildman–Crippen MR) is 73.2 cm³/mol. The van der Waals surface area contributed by atoms with Crippen LogP contribution < -0.4 is 0 Å². The van der Waals surface area contributed by atoms with Gasteiger partial charge in [-0.15, -0.1) is 0 Å². The number of hydrogen-bond acceptors (Lipinski definition) is 3. The Labute approximate surface area is 111 Å². The van der Waals surface area contributed by atoms with Gasteiger partial charge in [0.15, 0.2) is 0 Å². The molecule has 1 fully saturated rings. The van der Waals surface area contributed by atoms with E-state index >= 15 is 0 Å². The Hall–Kier alpha value is 0.170. The summed E-state index contributed by atoms with van der Waals surface area (Å²) in [6.07, 6.45) is 2.11. The fraction of sp³-hybridized carbons (Fsp3) is 1.00. The van der Waals surface area contributed by atoms with E-state index in [1.54, 1.807) is 0 Å². The van der Waals surface area contributed by atoms with Crippen molar-refractivity contribution in [2.75, 3.05) is 26.2 Å². The van der Waals surface area contributed by atoms with Crippen LogP contribution in [-0.2, 0) is 4.74 Å². The van der Waals surface area contributed by atoms with Crippen LogP contribution in [0.5, 0.6) is 0 Å². The average molecular weight is 263 g/mol. The second-order valence-corrected chi connectivity index (χ2v) is 6.03. The van der Waals surface area contributed by atoms with Gasteiger partial charge in [-0.1, -0.05) is 13.8 Å². The summed E-state index contributed by atoms with van der Waals surface area (Å²) in [5.41, 5.74) is -0.371. The molecule has 1 heterocycles. The molecular weight excluding hydrogens is 236 g/mol. The molecular formula is C13H27ClN2O. The van der Waals surface area contributed by atoms with Crippen molar-refractivity contribution in [3.63, 3.8) is 0 Å². The van der Waals surface area contributed by atoms with Crippen LogP contribution >= 0.6 is 11.8 Å². The highest BCUT2D eigenvalue weighted by Crippen LogP contribution is 2.39. The minimum Gasteiger partial charge on any atom is -0.358 e. The summed E-state index contributed by atoms with van der Waals surface area (Å²) in [5.74, 6) is 0. The van der Waals surface area contributed by atoms with Crippen LogP contribution in [0, 0.1) is 0 Å². The Morgan fingerprint density at radius 2 is 1.82 bits per heavy atom. The Kier molecular flexibility index (Phi) is 5.26. The molecule has 1 aliphatic rings. The fourth-order valence-corrected chi connectivity index (χ4v) is 2.61. The van der Waals surface area contributed by atoms with Crippen LogP contribution in [0.3, 0.4) is 0 Å². The summed E-state index contributed by atoms with van der Waals surface area (Å²) < 4.78 is 7.76. The first-order chi connectivity index (χ1) is 7.85. The van der Waals surface area contributed by atoms with Crippen molar-refractivity contribution >= 4 is 11.8 Å². The van der Waals surface area contributed by atoms with E-state index in [1.165, 1.54) is 0 Å². The average Bonchev–Trinajstić information content (AvgIpc) is 2.50. The van der Waals surface area contributed by atoms with Crippen LogP contribution in [0.25, 0.3) is 0 Å². The maximum absolute atomic E-state index is 6.39. The lowest BCUT2D eigenvalue weighted by Gasteiger charge is -2.34. The summed E-state index contributed by atoms with van der Waals surface area (Å²) in [6, 6.07) is 0. The summed E-state index contributed by atoms with van der Waals surface area (Å²) in [6.45, 7) is 14.8. The fourth-order valence-electron chi connectivity index (χ4n) is 2.43. The summed E-state index contributed by atoms with van der Waals surface area (Å²) in [5, 5.41) is 0. The maximum Gasteiger partial charge on any atom is 0.132 e. The summed E-state index contributed by atoms with van der Waals surface area (Å²) in [7, 11) is 0. The van der Waals surface area contributed by atoms with Crippen molar-refractivity contribution in [2.24, 2.45) is 0 Å². The minimum atomic E-state index is -0.307. The summed E-state index contributed by atoms with van der Waals surface area (Å²) >= 11 is 6.39. The molecule has 0 spiro atoms. The highest BCUT2D eigenvalue weighted by Gasteiger charge is 2.47. The van der Waals surface area contributed by atoms with Crippen LogP contribution in [0.15, 0.2) is 0 Å². The molecule has 1 unspecified atom stereocenters. The monoisotopic (exact) mass is 262 g/mol. The zero-order chi connectivity index (χ0) is 13.1. The molecule has 1 atom stereocenters. The van der Waals surface area contributed by atoms with E-state index in [-0.39, 0.29) is 11.3 Å². The van der Waals surface area contributed by atoms with E-state index in [1.807, 2.05) is 4.42 Å². The normalized spacial score (nSPS) is 29.1. The minimum absolute atomic E-state index is 0.0640. The predicted octanol–water partition coefficient (Wildman–Crippen LogP) is 3.09. The van der Waals surface area contributed by atoms with Gasteiger partial charge in [-0.25, -0.2) is 0 Å². The third kappa shape index (κ3) is 3.57. The summed E-state index contributed by atoms with van der Waals surface area (Å²) in [4.78, 5) is 2.43. The van der Waals surface area contributed by atoms with Gasteiger partial charge in [-0.2, -0.15) is 4.42 Å². The second-order valence-electron chi connectivity index (χ2n) is 5.69. The Morgan fingerprint density at radius 1 is 1.24 bits per heavy atom. The van der Waals surface area contributed by atoms with Crippen molar-refractivity contribution in [1.82, 2.24) is 9.32 Å². The molecule has 0 bridgehead atoms. The molecule has 0 saturated carbocycles. The SMILES string of the molecule is CCN(CC)CCCC1(C)OCC(C)(C)N1Cl. The van der Waals surface area contributed by atoms with Gasteiger partial charge in [-0.3, -0.25) is 0 Å². The van der Waals surface area contributed by atoms with Gasteiger partial charge in [-0.05, 0) is 65.0 Å². The van der Waals surface area contributed by atoms with E-state index < -0.39 is 0 Å². The molecule has 1 saturated heterocycles. The smallest absolute Gasteiger partial charge is 0.132 e. The lowest BCUT2D eigenvalue weighted by molar-refractivity contribution is -0.0433. The van der Waals surface area contributed by atoms with Crippen molar-refractivity contribution in [1.29, 1.82) is 0 Å². The Bertz CT molecular complexity index is 244. The van der Waals surface area contributed by atoms with E-state index in [0.29, 0.717) is 6.61 Å². The zero-order valence-corrected chi connectivity index (χ0v) is 12.7. The molecule has 0 N–H and O–H groups in total. The van der Waals surface area contributed by atoms with E-state index in [0.717, 1.165) is 32.5 Å². The Balaban J connectivity index is 2.41. The van der Waals surface area contributed by atoms with Crippen molar-refractivity contribution in [2.45, 2.75) is 58.7 Å². The first-order valence-electron chi connectivity index (χ1n) is 6.68. The van der Waals surface area contributed by atoms with Crippen LogP contribution in [0.1, 0.15) is 47.5 Å². The molecule has 1 aliphatic heterocycles. The molecule has 0 aliphatic carbocycles. The number of ether oxygens (including phenoxy) is 1. The number of nitrogens with zero attached hydrogens (tertiary/aromatic N) is 2. The largest absolute Gasteiger partial charge is 0.358 e. The molecule has 4 heteroatoms. The van der Waals surface area contributed by atoms with E-state index in [9.17, 15) is 0 Å². The molecule has 1 rings (SSSR count). The highest BCUT2D eigenvalue weighted by atomic mass is 35.5. The first kappa shape index (κ1) is 15.2. The van der Waals surface area contributed by atoms with E-state index in [4.69, 9.17) is 16.5 Å². The second kappa shape index (κ2) is 5.87. The molecule has 0 aromatic heterocycles. The van der Waals surface area contributed by atoms with Gasteiger partial charge in [0.05, 0.1) is 12.1 Å². The molecule has 17 heavy (non-hydrogen) atoms. The molecule has 0 amide bonds. The van der Waals surface area contributed by atoms with Crippen molar-refractivity contribution < 1.29 is 4.74 Å². The molecule has 3 nitrogen and oxygen atoms in total. The maximum atomic E-state index is 6.39. The number of halogens is 1. The van der Waals surface area contributed by atoms with Crippen molar-refractivity contribution in [3.05, 3.63) is 0 Å². The lowest BCUT2D eigenvalue weighted by Crippen LogP contribution is -2.44. The van der Waals surface area contributed by atoms with Crippen LogP contribution in [0.2, 0.25) is 0 Å². The Morgan fingerprint density at radius 3 is 2.24 bits per heavy atom. The van der Waals surface area contributed by atoms with Crippen LogP contribution in [-0.4, -0.2) is 46.8 Å². The van der Waals surface area contributed by atoms with Gasteiger partial charge in [0.25, 0.3) is 0 Å². The van der Waals surface area contributed by atoms with Gasteiger partial charge in [0.1, 0.15) is 5.72 Å². The van der Waals surface area contributed by atoms with E-state index in [2.05, 4.69) is 39.5 Å². The quantitative estimate of drug-likeness (QED) is 0.684. The van der Waals surface area contributed by atoms with Gasteiger partial charge in [0.2, 0.25) is 0 Å². The third-order valence-corrected chi connectivity index (χ3v) is 4.51. The first-order valence-corrected chi connectivity index (χ1v) is 7.02. The molecule has 0 aromatic rings. The number of hydrogen-bond donors (Lipinski definition) is 0. The van der Waals surface area contributed by atoms with Gasteiger partial charge < -0.3 is 9.64 Å². The molecule has 0 radical (unpaired) electrons. The topological polar surface area (TPSA) is 15.7 Å².